The van der Waals surface area contributed by atoms with Crippen molar-refractivity contribution in [1.82, 2.24) is 10.2 Å². The first-order chi connectivity index (χ1) is 18.0. The molecule has 38 heavy (non-hydrogen) atoms. The van der Waals surface area contributed by atoms with Gasteiger partial charge in [0.1, 0.15) is 6.04 Å². The Bertz CT molecular complexity index is 1220. The van der Waals surface area contributed by atoms with Gasteiger partial charge in [-0.05, 0) is 50.8 Å². The summed E-state index contributed by atoms with van der Waals surface area (Å²) in [6.45, 7) is 3.80. The predicted octanol–water partition coefficient (Wildman–Crippen LogP) is 4.69. The summed E-state index contributed by atoms with van der Waals surface area (Å²) < 4.78 is 52.8. The summed E-state index contributed by atoms with van der Waals surface area (Å²) in [4.78, 5) is 28.0. The van der Waals surface area contributed by atoms with Crippen molar-refractivity contribution >= 4 is 27.5 Å². The minimum atomic E-state index is -3.81. The molecule has 1 fully saturated rings. The Morgan fingerprint density at radius 2 is 1.68 bits per heavy atom. The Morgan fingerprint density at radius 1 is 1.03 bits per heavy atom. The van der Waals surface area contributed by atoms with E-state index in [0.29, 0.717) is 0 Å². The quantitative estimate of drug-likeness (QED) is 0.441. The van der Waals surface area contributed by atoms with E-state index in [1.54, 1.807) is 6.92 Å². The molecule has 7 nitrogen and oxygen atoms in total. The monoisotopic (exact) mass is 549 g/mol. The molecule has 2 amide bonds. The molecular weight excluding hydrogens is 512 g/mol. The molecule has 208 valence electrons. The summed E-state index contributed by atoms with van der Waals surface area (Å²) in [6, 6.07) is 9.96. The number of benzene rings is 2. The van der Waals surface area contributed by atoms with Gasteiger partial charge in [-0.3, -0.25) is 13.9 Å². The number of nitrogens with zero attached hydrogens (tertiary/aromatic N) is 2. The minimum Gasteiger partial charge on any atom is -0.352 e. The SMILES string of the molecule is Cc1ccc(CN(C(=O)CCCN(c2ccc(F)c(F)c2)S(C)(=O)=O)[C@H](C)C(=O)NC2CCCCC2)cc1. The van der Waals surface area contributed by atoms with Crippen molar-refractivity contribution in [3.8, 4) is 0 Å². The van der Waals surface area contributed by atoms with Crippen molar-refractivity contribution < 1.29 is 26.8 Å². The van der Waals surface area contributed by atoms with Crippen molar-refractivity contribution in [3.63, 3.8) is 0 Å². The first-order valence-electron chi connectivity index (χ1n) is 13.0. The maximum absolute atomic E-state index is 13.8. The maximum Gasteiger partial charge on any atom is 0.242 e. The number of rotatable bonds is 11. The molecule has 2 aromatic carbocycles. The summed E-state index contributed by atoms with van der Waals surface area (Å²) in [7, 11) is -3.81. The van der Waals surface area contributed by atoms with Gasteiger partial charge in [0.2, 0.25) is 21.8 Å². The first-order valence-corrected chi connectivity index (χ1v) is 14.9. The van der Waals surface area contributed by atoms with Crippen molar-refractivity contribution in [2.24, 2.45) is 0 Å². The lowest BCUT2D eigenvalue weighted by Crippen LogP contribution is -2.50. The standard InChI is InChI=1S/C28H37F2N3O4S/c1-20-11-13-22(14-12-20)19-32(21(2)28(35)31-23-8-5-4-6-9-23)27(34)10-7-17-33(38(3,36)37)24-15-16-25(29)26(30)18-24/h11-16,18,21,23H,4-10,17,19H2,1-3H3,(H,31,35)/t21-/m1/s1. The van der Waals surface area contributed by atoms with Crippen LogP contribution in [-0.2, 0) is 26.2 Å². The van der Waals surface area contributed by atoms with Gasteiger partial charge in [0.25, 0.3) is 0 Å². The number of aryl methyl sites for hydroxylation is 1. The van der Waals surface area contributed by atoms with Gasteiger partial charge in [0.15, 0.2) is 11.6 Å². The van der Waals surface area contributed by atoms with E-state index in [1.807, 2.05) is 31.2 Å². The van der Waals surface area contributed by atoms with Gasteiger partial charge in [-0.15, -0.1) is 0 Å². The van der Waals surface area contributed by atoms with Crippen LogP contribution in [-0.4, -0.2) is 50.0 Å². The zero-order valence-corrected chi connectivity index (χ0v) is 23.1. The molecule has 0 heterocycles. The van der Waals surface area contributed by atoms with E-state index in [9.17, 15) is 26.8 Å². The fraction of sp³-hybridized carbons (Fsp3) is 0.500. The van der Waals surface area contributed by atoms with Gasteiger partial charge in [0.05, 0.1) is 11.9 Å². The maximum atomic E-state index is 13.8. The Hall–Kier alpha value is -3.01. The Balaban J connectivity index is 1.72. The van der Waals surface area contributed by atoms with Crippen LogP contribution in [0.1, 0.15) is 63.0 Å². The number of sulfonamides is 1. The summed E-state index contributed by atoms with van der Waals surface area (Å²) in [5, 5.41) is 3.09. The zero-order valence-electron chi connectivity index (χ0n) is 22.3. The number of hydrogen-bond acceptors (Lipinski definition) is 4. The average molecular weight is 550 g/mol. The van der Waals surface area contributed by atoms with E-state index >= 15 is 0 Å². The average Bonchev–Trinajstić information content (AvgIpc) is 2.87. The number of carbonyl (C=O) groups excluding carboxylic acids is 2. The lowest BCUT2D eigenvalue weighted by atomic mass is 9.95. The number of hydrogen-bond donors (Lipinski definition) is 1. The largest absolute Gasteiger partial charge is 0.352 e. The number of anilines is 1. The van der Waals surface area contributed by atoms with E-state index in [-0.39, 0.29) is 49.5 Å². The number of carbonyl (C=O) groups is 2. The molecular formula is C28H37F2N3O4S. The molecule has 1 N–H and O–H groups in total. The van der Waals surface area contributed by atoms with E-state index in [0.717, 1.165) is 65.9 Å². The van der Waals surface area contributed by atoms with E-state index in [4.69, 9.17) is 0 Å². The highest BCUT2D eigenvalue weighted by Crippen LogP contribution is 2.22. The second-order valence-corrected chi connectivity index (χ2v) is 12.0. The summed E-state index contributed by atoms with van der Waals surface area (Å²) in [5.41, 5.74) is 1.93. The lowest BCUT2D eigenvalue weighted by molar-refractivity contribution is -0.141. The molecule has 10 heteroatoms. The second kappa shape index (κ2) is 13.2. The molecule has 0 bridgehead atoms. The van der Waals surface area contributed by atoms with Crippen LogP contribution in [0.2, 0.25) is 0 Å². The van der Waals surface area contributed by atoms with Crippen LogP contribution in [0.15, 0.2) is 42.5 Å². The van der Waals surface area contributed by atoms with Crippen LogP contribution in [0.3, 0.4) is 0 Å². The number of halogens is 2. The van der Waals surface area contributed by atoms with Gasteiger partial charge >= 0.3 is 0 Å². The molecule has 0 spiro atoms. The first kappa shape index (κ1) is 29.5. The van der Waals surface area contributed by atoms with Crippen LogP contribution in [0.4, 0.5) is 14.5 Å². The van der Waals surface area contributed by atoms with Crippen molar-refractivity contribution in [1.29, 1.82) is 0 Å². The summed E-state index contributed by atoms with van der Waals surface area (Å²) >= 11 is 0. The number of amides is 2. The van der Waals surface area contributed by atoms with E-state index in [2.05, 4.69) is 5.32 Å². The summed E-state index contributed by atoms with van der Waals surface area (Å²) in [5.74, 6) is -2.74. The van der Waals surface area contributed by atoms with E-state index in [1.165, 1.54) is 11.0 Å². The highest BCUT2D eigenvalue weighted by Gasteiger charge is 2.28. The topological polar surface area (TPSA) is 86.8 Å². The van der Waals surface area contributed by atoms with Gasteiger partial charge in [0, 0.05) is 31.6 Å². The third-order valence-electron chi connectivity index (χ3n) is 6.94. The van der Waals surface area contributed by atoms with Crippen molar-refractivity contribution in [3.05, 3.63) is 65.2 Å². The Kier molecular flexibility index (Phi) is 10.2. The molecule has 0 aromatic heterocycles. The van der Waals surface area contributed by atoms with Gasteiger partial charge in [-0.25, -0.2) is 17.2 Å². The van der Waals surface area contributed by atoms with Crippen molar-refractivity contribution in [2.45, 2.75) is 77.4 Å². The van der Waals surface area contributed by atoms with Crippen LogP contribution in [0, 0.1) is 18.6 Å². The molecule has 1 saturated carbocycles. The molecule has 1 atom stereocenters. The fourth-order valence-electron chi connectivity index (χ4n) is 4.69. The minimum absolute atomic E-state index is 0.0180. The third-order valence-corrected chi connectivity index (χ3v) is 8.13. The third kappa shape index (κ3) is 8.24. The smallest absolute Gasteiger partial charge is 0.242 e. The van der Waals surface area contributed by atoms with Crippen LogP contribution in [0.25, 0.3) is 0 Å². The molecule has 3 rings (SSSR count). The molecule has 0 unspecified atom stereocenters. The molecule has 0 saturated heterocycles. The van der Waals surface area contributed by atoms with Crippen LogP contribution >= 0.6 is 0 Å². The van der Waals surface area contributed by atoms with Gasteiger partial charge < -0.3 is 10.2 Å². The fourth-order valence-corrected chi connectivity index (χ4v) is 5.64. The van der Waals surface area contributed by atoms with Crippen LogP contribution < -0.4 is 9.62 Å². The highest BCUT2D eigenvalue weighted by atomic mass is 32.2. The van der Waals surface area contributed by atoms with Crippen molar-refractivity contribution in [2.75, 3.05) is 17.1 Å². The molecule has 2 aromatic rings. The Morgan fingerprint density at radius 3 is 2.29 bits per heavy atom. The van der Waals surface area contributed by atoms with E-state index < -0.39 is 27.7 Å². The molecule has 1 aliphatic carbocycles. The molecule has 0 radical (unpaired) electrons. The second-order valence-electron chi connectivity index (χ2n) is 10.1. The summed E-state index contributed by atoms with van der Waals surface area (Å²) in [6.07, 6.45) is 6.23. The normalized spacial score (nSPS) is 15.1. The Labute approximate surface area is 224 Å². The van der Waals surface area contributed by atoms with Gasteiger partial charge in [-0.1, -0.05) is 49.1 Å². The highest BCUT2D eigenvalue weighted by molar-refractivity contribution is 7.92. The molecule has 1 aliphatic rings. The van der Waals surface area contributed by atoms with Crippen LogP contribution in [0.5, 0.6) is 0 Å². The lowest BCUT2D eigenvalue weighted by Gasteiger charge is -2.31. The van der Waals surface area contributed by atoms with Gasteiger partial charge in [-0.2, -0.15) is 0 Å². The molecule has 0 aliphatic heterocycles. The predicted molar refractivity (Wildman–Crippen MR) is 144 cm³/mol. The zero-order chi connectivity index (χ0) is 27.9. The number of nitrogens with one attached hydrogen (secondary N) is 1.